The highest BCUT2D eigenvalue weighted by molar-refractivity contribution is 7.10. The molecule has 0 bridgehead atoms. The van der Waals surface area contributed by atoms with Crippen molar-refractivity contribution in [3.63, 3.8) is 0 Å². The second kappa shape index (κ2) is 8.56. The van der Waals surface area contributed by atoms with Crippen molar-refractivity contribution in [2.75, 3.05) is 40.2 Å². The fourth-order valence-electron chi connectivity index (χ4n) is 2.30. The lowest BCUT2D eigenvalue weighted by atomic mass is 10.2. The van der Waals surface area contributed by atoms with Crippen molar-refractivity contribution in [2.45, 2.75) is 6.04 Å². The summed E-state index contributed by atoms with van der Waals surface area (Å²) in [6.45, 7) is 0.520. The van der Waals surface area contributed by atoms with Crippen LogP contribution in [0.5, 0.6) is 11.5 Å². The van der Waals surface area contributed by atoms with Crippen LogP contribution in [0.3, 0.4) is 0 Å². The second-order valence-electron chi connectivity index (χ2n) is 5.40. The Morgan fingerprint density at radius 2 is 1.96 bits per heavy atom. The van der Waals surface area contributed by atoms with Gasteiger partial charge in [-0.05, 0) is 37.7 Å². The Hall–Kier alpha value is -2.25. The number of thiophene rings is 1. The fraction of sp³-hybridized carbons (Fsp3) is 0.353. The van der Waals surface area contributed by atoms with E-state index in [2.05, 4.69) is 21.6 Å². The topological polar surface area (TPSA) is 62.8 Å². The Bertz CT molecular complexity index is 659. The molecule has 1 heterocycles. The molecule has 0 radical (unpaired) electrons. The standard InChI is InChI=1S/C17H23N3O3S/c1-20(2)13(16-6-5-9-24-16)11-18-17(21)19-12-7-8-14(22-3)15(10-12)23-4/h5-10,13H,11H2,1-4H3,(H2,18,19,21). The number of likely N-dealkylation sites (N-methyl/N-ethyl adjacent to an activating group) is 1. The third-order valence-corrected chi connectivity index (χ3v) is 4.57. The monoisotopic (exact) mass is 349 g/mol. The zero-order valence-electron chi connectivity index (χ0n) is 14.3. The van der Waals surface area contributed by atoms with Crippen LogP contribution in [-0.2, 0) is 0 Å². The number of hydrogen-bond acceptors (Lipinski definition) is 5. The number of rotatable bonds is 7. The van der Waals surface area contributed by atoms with Gasteiger partial charge in [-0.2, -0.15) is 0 Å². The number of nitrogens with one attached hydrogen (secondary N) is 2. The van der Waals surface area contributed by atoms with Gasteiger partial charge in [-0.15, -0.1) is 11.3 Å². The highest BCUT2D eigenvalue weighted by Gasteiger charge is 2.16. The van der Waals surface area contributed by atoms with Crippen LogP contribution in [0.2, 0.25) is 0 Å². The van der Waals surface area contributed by atoms with E-state index in [1.807, 2.05) is 25.5 Å². The van der Waals surface area contributed by atoms with Crippen LogP contribution in [0.4, 0.5) is 10.5 Å². The number of carbonyl (C=O) groups is 1. The first-order valence-corrected chi connectivity index (χ1v) is 8.39. The summed E-state index contributed by atoms with van der Waals surface area (Å²) in [5, 5.41) is 7.75. The molecule has 0 spiro atoms. The predicted molar refractivity (Wildman–Crippen MR) is 97.3 cm³/mol. The summed E-state index contributed by atoms with van der Waals surface area (Å²) in [7, 11) is 7.13. The Labute approximate surface area is 146 Å². The molecular weight excluding hydrogens is 326 g/mol. The van der Waals surface area contributed by atoms with E-state index in [1.165, 1.54) is 4.88 Å². The van der Waals surface area contributed by atoms with Gasteiger partial charge in [-0.1, -0.05) is 6.07 Å². The largest absolute Gasteiger partial charge is 0.493 e. The van der Waals surface area contributed by atoms with Gasteiger partial charge in [0, 0.05) is 23.2 Å². The first kappa shape index (κ1) is 18.1. The quantitative estimate of drug-likeness (QED) is 0.806. The lowest BCUT2D eigenvalue weighted by Crippen LogP contribution is -2.36. The molecule has 1 atom stereocenters. The molecule has 1 aromatic carbocycles. The molecule has 0 saturated carbocycles. The van der Waals surface area contributed by atoms with Crippen LogP contribution >= 0.6 is 11.3 Å². The zero-order chi connectivity index (χ0) is 17.5. The molecule has 0 fully saturated rings. The van der Waals surface area contributed by atoms with Crippen molar-refractivity contribution in [1.29, 1.82) is 0 Å². The van der Waals surface area contributed by atoms with E-state index in [0.717, 1.165) is 0 Å². The smallest absolute Gasteiger partial charge is 0.319 e. The van der Waals surface area contributed by atoms with Crippen LogP contribution in [0.25, 0.3) is 0 Å². The molecule has 0 aliphatic heterocycles. The third-order valence-electron chi connectivity index (χ3n) is 3.59. The number of benzene rings is 1. The number of nitrogens with zero attached hydrogens (tertiary/aromatic N) is 1. The molecule has 1 aromatic heterocycles. The Balaban J connectivity index is 1.95. The molecule has 2 aromatic rings. The molecule has 130 valence electrons. The number of anilines is 1. The fourth-order valence-corrected chi connectivity index (χ4v) is 3.22. The van der Waals surface area contributed by atoms with Crippen LogP contribution in [0.1, 0.15) is 10.9 Å². The molecule has 6 nitrogen and oxygen atoms in total. The van der Waals surface area contributed by atoms with Gasteiger partial charge in [-0.3, -0.25) is 0 Å². The number of carbonyl (C=O) groups excluding carboxylic acids is 1. The molecule has 24 heavy (non-hydrogen) atoms. The summed E-state index contributed by atoms with van der Waals surface area (Å²) in [6, 6.07) is 9.21. The highest BCUT2D eigenvalue weighted by Crippen LogP contribution is 2.29. The van der Waals surface area contributed by atoms with Crippen molar-refractivity contribution in [3.8, 4) is 11.5 Å². The van der Waals surface area contributed by atoms with Crippen LogP contribution in [-0.4, -0.2) is 45.8 Å². The lowest BCUT2D eigenvalue weighted by molar-refractivity contribution is 0.244. The van der Waals surface area contributed by atoms with Gasteiger partial charge >= 0.3 is 6.03 Å². The molecule has 2 amide bonds. The summed E-state index contributed by atoms with van der Waals surface area (Å²) in [5.41, 5.74) is 0.641. The van der Waals surface area contributed by atoms with Crippen molar-refractivity contribution < 1.29 is 14.3 Å². The van der Waals surface area contributed by atoms with Crippen molar-refractivity contribution in [2.24, 2.45) is 0 Å². The molecule has 0 aliphatic carbocycles. The lowest BCUT2D eigenvalue weighted by Gasteiger charge is -2.23. The third kappa shape index (κ3) is 4.62. The maximum Gasteiger partial charge on any atom is 0.319 e. The van der Waals surface area contributed by atoms with Crippen LogP contribution < -0.4 is 20.1 Å². The minimum Gasteiger partial charge on any atom is -0.493 e. The average molecular weight is 349 g/mol. The molecule has 1 unspecified atom stereocenters. The van der Waals surface area contributed by atoms with Gasteiger partial charge in [0.1, 0.15) is 0 Å². The molecule has 2 N–H and O–H groups in total. The van der Waals surface area contributed by atoms with Gasteiger partial charge in [0.05, 0.1) is 20.3 Å². The van der Waals surface area contributed by atoms with Gasteiger partial charge < -0.3 is 25.0 Å². The number of hydrogen-bond donors (Lipinski definition) is 2. The normalized spacial score (nSPS) is 11.9. The molecule has 0 saturated heterocycles. The number of urea groups is 1. The first-order valence-electron chi connectivity index (χ1n) is 7.52. The minimum atomic E-state index is -0.259. The van der Waals surface area contributed by atoms with E-state index in [1.54, 1.807) is 43.8 Å². The minimum absolute atomic E-state index is 0.140. The molecular formula is C17H23N3O3S. The molecule has 0 aliphatic rings. The zero-order valence-corrected chi connectivity index (χ0v) is 15.1. The van der Waals surface area contributed by atoms with Gasteiger partial charge in [0.2, 0.25) is 0 Å². The maximum atomic E-state index is 12.2. The van der Waals surface area contributed by atoms with E-state index in [0.29, 0.717) is 23.7 Å². The van der Waals surface area contributed by atoms with Crippen LogP contribution in [0, 0.1) is 0 Å². The van der Waals surface area contributed by atoms with E-state index in [4.69, 9.17) is 9.47 Å². The second-order valence-corrected chi connectivity index (χ2v) is 6.38. The Kier molecular flexibility index (Phi) is 6.45. The summed E-state index contributed by atoms with van der Waals surface area (Å²) in [5.74, 6) is 1.19. The number of amides is 2. The molecule has 2 rings (SSSR count). The van der Waals surface area contributed by atoms with E-state index < -0.39 is 0 Å². The van der Waals surface area contributed by atoms with Crippen LogP contribution in [0.15, 0.2) is 35.7 Å². The number of ether oxygens (including phenoxy) is 2. The summed E-state index contributed by atoms with van der Waals surface area (Å²) >= 11 is 1.68. The SMILES string of the molecule is COc1ccc(NC(=O)NCC(c2cccs2)N(C)C)cc1OC. The van der Waals surface area contributed by atoms with E-state index in [-0.39, 0.29) is 12.1 Å². The van der Waals surface area contributed by atoms with Crippen molar-refractivity contribution >= 4 is 23.1 Å². The van der Waals surface area contributed by atoms with Gasteiger partial charge in [-0.25, -0.2) is 4.79 Å². The van der Waals surface area contributed by atoms with Crippen molar-refractivity contribution in [3.05, 3.63) is 40.6 Å². The average Bonchev–Trinajstić information content (AvgIpc) is 3.08. The van der Waals surface area contributed by atoms with Gasteiger partial charge in [0.25, 0.3) is 0 Å². The predicted octanol–water partition coefficient (Wildman–Crippen LogP) is 3.19. The van der Waals surface area contributed by atoms with E-state index in [9.17, 15) is 4.79 Å². The number of methoxy groups -OCH3 is 2. The molecule has 7 heteroatoms. The van der Waals surface area contributed by atoms with Crippen molar-refractivity contribution in [1.82, 2.24) is 10.2 Å². The maximum absolute atomic E-state index is 12.2. The Morgan fingerprint density at radius 3 is 2.54 bits per heavy atom. The highest BCUT2D eigenvalue weighted by atomic mass is 32.1. The summed E-state index contributed by atoms with van der Waals surface area (Å²) in [6.07, 6.45) is 0. The van der Waals surface area contributed by atoms with Gasteiger partial charge in [0.15, 0.2) is 11.5 Å². The summed E-state index contributed by atoms with van der Waals surface area (Å²) in [4.78, 5) is 15.5. The summed E-state index contributed by atoms with van der Waals surface area (Å²) < 4.78 is 10.4. The Morgan fingerprint density at radius 1 is 1.21 bits per heavy atom. The first-order chi connectivity index (χ1) is 11.5. The van der Waals surface area contributed by atoms with E-state index >= 15 is 0 Å².